The van der Waals surface area contributed by atoms with Crippen LogP contribution in [0.15, 0.2) is 24.3 Å². The van der Waals surface area contributed by atoms with Crippen LogP contribution in [0.2, 0.25) is 0 Å². The minimum Gasteiger partial charge on any atom is -0.371 e. The fourth-order valence-corrected chi connectivity index (χ4v) is 3.16. The van der Waals surface area contributed by atoms with Crippen LogP contribution in [0.1, 0.15) is 22.3 Å². The summed E-state index contributed by atoms with van der Waals surface area (Å²) in [6, 6.07) is 4.65. The van der Waals surface area contributed by atoms with Gasteiger partial charge in [-0.05, 0) is 30.7 Å². The van der Waals surface area contributed by atoms with Crippen LogP contribution in [-0.2, 0) is 6.54 Å². The summed E-state index contributed by atoms with van der Waals surface area (Å²) in [6.45, 7) is 0.832. The molecule has 0 unspecified atom stereocenters. The highest BCUT2D eigenvalue weighted by Crippen LogP contribution is 2.37. The van der Waals surface area contributed by atoms with E-state index in [1.165, 1.54) is 16.7 Å². The van der Waals surface area contributed by atoms with E-state index in [1.807, 2.05) is 0 Å². The van der Waals surface area contributed by atoms with Gasteiger partial charge in [-0.25, -0.2) is 8.78 Å². The molecule has 0 atom stereocenters. The van der Waals surface area contributed by atoms with E-state index in [0.717, 1.165) is 12.1 Å². The van der Waals surface area contributed by atoms with Crippen LogP contribution in [0.5, 0.6) is 0 Å². The lowest BCUT2D eigenvalue weighted by atomic mass is 10.0. The summed E-state index contributed by atoms with van der Waals surface area (Å²) < 4.78 is 56.8. The van der Waals surface area contributed by atoms with E-state index in [1.54, 1.807) is 0 Å². The minimum atomic E-state index is -1.61. The first-order valence-corrected chi connectivity index (χ1v) is 7.60. The first kappa shape index (κ1) is 15.6. The summed E-state index contributed by atoms with van der Waals surface area (Å²) in [4.78, 5) is 15.8. The Morgan fingerprint density at radius 1 is 1.08 bits per heavy atom. The number of rotatable bonds is 2. The second-order valence-corrected chi connectivity index (χ2v) is 5.72. The van der Waals surface area contributed by atoms with Crippen molar-refractivity contribution in [2.75, 3.05) is 11.9 Å². The zero-order valence-corrected chi connectivity index (χ0v) is 12.7. The predicted octanol–water partition coefficient (Wildman–Crippen LogP) is 3.64. The van der Waals surface area contributed by atoms with Crippen molar-refractivity contribution in [1.82, 2.24) is 9.55 Å². The molecule has 3 aromatic rings. The smallest absolute Gasteiger partial charge is 0.252 e. The molecule has 0 amide bonds. The normalized spacial score (nSPS) is 13.6. The van der Waals surface area contributed by atoms with Crippen molar-refractivity contribution in [3.8, 4) is 0 Å². The fourth-order valence-electron chi connectivity index (χ4n) is 3.16. The Morgan fingerprint density at radius 2 is 1.80 bits per heavy atom. The zero-order chi connectivity index (χ0) is 17.7. The second-order valence-electron chi connectivity index (χ2n) is 5.72. The molecule has 128 valence electrons. The highest BCUT2D eigenvalue weighted by molar-refractivity contribution is 6.20. The van der Waals surface area contributed by atoms with Crippen molar-refractivity contribution in [1.29, 1.82) is 0 Å². The molecular weight excluding hydrogens is 338 g/mol. The van der Waals surface area contributed by atoms with Gasteiger partial charge in [0, 0.05) is 18.7 Å². The van der Waals surface area contributed by atoms with Crippen LogP contribution in [0.4, 0.5) is 23.4 Å². The Balaban J connectivity index is 2.06. The quantitative estimate of drug-likeness (QED) is 0.437. The SMILES string of the molecule is O=C(c1ccc(F)cc1)c1c2n(c3c(F)nc(F)c(F)c13)CCCN2. The summed E-state index contributed by atoms with van der Waals surface area (Å²) in [7, 11) is 0. The molecule has 1 aliphatic rings. The lowest BCUT2D eigenvalue weighted by molar-refractivity contribution is 0.104. The number of hydrogen-bond donors (Lipinski definition) is 1. The van der Waals surface area contributed by atoms with Gasteiger partial charge in [-0.1, -0.05) is 0 Å². The van der Waals surface area contributed by atoms with Crippen LogP contribution in [0.3, 0.4) is 0 Å². The molecule has 4 rings (SSSR count). The highest BCUT2D eigenvalue weighted by atomic mass is 19.2. The summed E-state index contributed by atoms with van der Waals surface area (Å²) in [5.41, 5.74) is -0.355. The second kappa shape index (κ2) is 5.58. The number of aromatic nitrogens is 2. The molecule has 2 aromatic heterocycles. The Hall–Kier alpha value is -2.90. The van der Waals surface area contributed by atoms with Gasteiger partial charge in [0.25, 0.3) is 5.95 Å². The van der Waals surface area contributed by atoms with E-state index in [4.69, 9.17) is 0 Å². The summed E-state index contributed by atoms with van der Waals surface area (Å²) in [5.74, 6) is -5.16. The van der Waals surface area contributed by atoms with Crippen molar-refractivity contribution in [2.45, 2.75) is 13.0 Å². The molecule has 0 bridgehead atoms. The van der Waals surface area contributed by atoms with Crippen molar-refractivity contribution >= 4 is 22.5 Å². The number of hydrogen-bond acceptors (Lipinski definition) is 3. The van der Waals surface area contributed by atoms with E-state index in [2.05, 4.69) is 10.3 Å². The van der Waals surface area contributed by atoms with Crippen molar-refractivity contribution in [3.63, 3.8) is 0 Å². The van der Waals surface area contributed by atoms with E-state index in [9.17, 15) is 22.4 Å². The number of nitrogens with one attached hydrogen (secondary N) is 1. The number of benzene rings is 1. The molecule has 1 aliphatic heterocycles. The van der Waals surface area contributed by atoms with Crippen LogP contribution >= 0.6 is 0 Å². The molecule has 25 heavy (non-hydrogen) atoms. The third kappa shape index (κ3) is 2.28. The summed E-state index contributed by atoms with van der Waals surface area (Å²) >= 11 is 0. The van der Waals surface area contributed by atoms with Gasteiger partial charge >= 0.3 is 0 Å². The van der Waals surface area contributed by atoms with Crippen LogP contribution < -0.4 is 5.32 Å². The maximum absolute atomic E-state index is 14.4. The van der Waals surface area contributed by atoms with Gasteiger partial charge in [0.1, 0.15) is 17.2 Å². The minimum absolute atomic E-state index is 0.0844. The number of fused-ring (bicyclic) bond motifs is 3. The van der Waals surface area contributed by atoms with Gasteiger partial charge in [-0.15, -0.1) is 0 Å². The molecule has 0 saturated carbocycles. The van der Waals surface area contributed by atoms with Crippen molar-refractivity contribution < 1.29 is 22.4 Å². The zero-order valence-electron chi connectivity index (χ0n) is 12.7. The monoisotopic (exact) mass is 349 g/mol. The van der Waals surface area contributed by atoms with E-state index >= 15 is 0 Å². The average Bonchev–Trinajstić information content (AvgIpc) is 2.95. The molecule has 8 heteroatoms. The lowest BCUT2D eigenvalue weighted by Gasteiger charge is -2.19. The number of carbonyl (C=O) groups excluding carboxylic acids is 1. The Kier molecular flexibility index (Phi) is 3.48. The first-order valence-electron chi connectivity index (χ1n) is 7.60. The maximum Gasteiger partial charge on any atom is 0.252 e. The molecule has 0 saturated heterocycles. The molecule has 0 radical (unpaired) electrons. The Bertz CT molecular complexity index is 1010. The van der Waals surface area contributed by atoms with Crippen molar-refractivity contribution in [2.24, 2.45) is 0 Å². The number of carbonyl (C=O) groups is 1. The van der Waals surface area contributed by atoms with Gasteiger partial charge in [0.15, 0.2) is 11.6 Å². The van der Waals surface area contributed by atoms with E-state index in [-0.39, 0.29) is 22.5 Å². The number of nitrogens with zero attached hydrogens (tertiary/aromatic N) is 2. The maximum atomic E-state index is 14.4. The third-order valence-electron chi connectivity index (χ3n) is 4.24. The van der Waals surface area contributed by atoms with Crippen molar-refractivity contribution in [3.05, 3.63) is 58.9 Å². The first-order chi connectivity index (χ1) is 12.0. The molecule has 0 fully saturated rings. The average molecular weight is 349 g/mol. The van der Waals surface area contributed by atoms with Gasteiger partial charge in [-0.3, -0.25) is 4.79 Å². The molecule has 4 nitrogen and oxygen atoms in total. The number of anilines is 1. The molecule has 1 N–H and O–H groups in total. The van der Waals surface area contributed by atoms with E-state index < -0.39 is 34.7 Å². The molecule has 3 heterocycles. The summed E-state index contributed by atoms with van der Waals surface area (Å²) in [6.07, 6.45) is 0.624. The molecular formula is C17H11F4N3O. The molecule has 0 aliphatic carbocycles. The molecule has 0 spiro atoms. The predicted molar refractivity (Wildman–Crippen MR) is 82.5 cm³/mol. The molecule has 1 aromatic carbocycles. The largest absolute Gasteiger partial charge is 0.371 e. The van der Waals surface area contributed by atoms with Gasteiger partial charge < -0.3 is 9.88 Å². The van der Waals surface area contributed by atoms with Crippen LogP contribution in [-0.4, -0.2) is 21.9 Å². The highest BCUT2D eigenvalue weighted by Gasteiger charge is 2.31. The van der Waals surface area contributed by atoms with E-state index in [0.29, 0.717) is 19.5 Å². The third-order valence-corrected chi connectivity index (χ3v) is 4.24. The van der Waals surface area contributed by atoms with Crippen LogP contribution in [0, 0.1) is 23.5 Å². The Morgan fingerprint density at radius 3 is 2.52 bits per heavy atom. The van der Waals surface area contributed by atoms with Crippen LogP contribution in [0.25, 0.3) is 10.9 Å². The topological polar surface area (TPSA) is 46.9 Å². The number of aryl methyl sites for hydroxylation is 1. The number of halogens is 4. The van der Waals surface area contributed by atoms with Gasteiger partial charge in [-0.2, -0.15) is 13.8 Å². The number of pyridine rings is 1. The Labute approximate surface area is 139 Å². The lowest BCUT2D eigenvalue weighted by Crippen LogP contribution is -2.19. The number of ketones is 1. The summed E-state index contributed by atoms with van der Waals surface area (Å²) in [5, 5.41) is 2.49. The fraction of sp³-hybridized carbons (Fsp3) is 0.176. The van der Waals surface area contributed by atoms with Gasteiger partial charge in [0.2, 0.25) is 5.95 Å². The standard InChI is InChI=1S/C17H11F4N3O/c18-9-4-2-8(3-5-9)14(25)11-10-12(19)15(20)23-16(21)13(10)24-7-1-6-22-17(11)24/h2-5,22H,1,6-7H2. The van der Waals surface area contributed by atoms with Gasteiger partial charge in [0.05, 0.1) is 10.9 Å².